The number of alkyl halides is 3. The van der Waals surface area contributed by atoms with Crippen LogP contribution in [0.1, 0.15) is 17.8 Å². The molecule has 3 aromatic rings. The zero-order valence-corrected chi connectivity index (χ0v) is 16.2. The van der Waals surface area contributed by atoms with Crippen molar-refractivity contribution in [3.8, 4) is 0 Å². The highest BCUT2D eigenvalue weighted by Crippen LogP contribution is 2.39. The Kier molecular flexibility index (Phi) is 5.04. The zero-order chi connectivity index (χ0) is 20.8. The number of aromatic nitrogens is 2. The first-order valence-corrected chi connectivity index (χ1v) is 9.95. The first-order chi connectivity index (χ1) is 13.7. The van der Waals surface area contributed by atoms with E-state index in [4.69, 9.17) is 11.6 Å². The fourth-order valence-electron chi connectivity index (χ4n) is 3.13. The molecule has 1 fully saturated rings. The summed E-state index contributed by atoms with van der Waals surface area (Å²) in [6, 6.07) is 10.5. The van der Waals surface area contributed by atoms with E-state index in [2.05, 4.69) is 9.97 Å². The number of para-hydroxylation sites is 2. The summed E-state index contributed by atoms with van der Waals surface area (Å²) in [5, 5.41) is -1.18. The molecule has 0 saturated carbocycles. The molecule has 0 radical (unpaired) electrons. The van der Waals surface area contributed by atoms with Crippen molar-refractivity contribution in [1.29, 1.82) is 0 Å². The number of fused-ring (bicyclic) bond motifs is 1. The van der Waals surface area contributed by atoms with Gasteiger partial charge in [0.15, 0.2) is 0 Å². The van der Waals surface area contributed by atoms with Gasteiger partial charge >= 0.3 is 6.18 Å². The Labute approximate surface area is 172 Å². The molecule has 2 aromatic carbocycles. The minimum Gasteiger partial charge on any atom is -0.341 e. The SMILES string of the molecule is O=C1C[C@@H](SCc2nc3ccccc3[nH]2)C(=O)N1c1ccc(Cl)c(C(F)(F)F)c1. The Morgan fingerprint density at radius 3 is 2.69 bits per heavy atom. The van der Waals surface area contributed by atoms with Gasteiger partial charge < -0.3 is 4.98 Å². The maximum atomic E-state index is 13.1. The first-order valence-electron chi connectivity index (χ1n) is 8.53. The van der Waals surface area contributed by atoms with Gasteiger partial charge in [-0.1, -0.05) is 23.7 Å². The van der Waals surface area contributed by atoms with Gasteiger partial charge in [-0.3, -0.25) is 9.59 Å². The van der Waals surface area contributed by atoms with Crippen molar-refractivity contribution in [2.45, 2.75) is 23.6 Å². The van der Waals surface area contributed by atoms with Crippen molar-refractivity contribution >= 4 is 51.9 Å². The van der Waals surface area contributed by atoms with Crippen molar-refractivity contribution in [3.63, 3.8) is 0 Å². The second-order valence-electron chi connectivity index (χ2n) is 6.43. The number of benzene rings is 2. The Hall–Kier alpha value is -2.52. The number of halogens is 4. The van der Waals surface area contributed by atoms with E-state index in [-0.39, 0.29) is 12.1 Å². The van der Waals surface area contributed by atoms with Gasteiger partial charge in [-0.2, -0.15) is 13.2 Å². The Morgan fingerprint density at radius 1 is 1.21 bits per heavy atom. The molecule has 2 heterocycles. The number of H-pyrrole nitrogens is 1. The minimum absolute atomic E-state index is 0.0896. The smallest absolute Gasteiger partial charge is 0.341 e. The zero-order valence-electron chi connectivity index (χ0n) is 14.7. The number of rotatable bonds is 4. The van der Waals surface area contributed by atoms with Crippen LogP contribution in [0.4, 0.5) is 18.9 Å². The maximum Gasteiger partial charge on any atom is 0.417 e. The van der Waals surface area contributed by atoms with Crippen LogP contribution in [0.2, 0.25) is 5.02 Å². The third-order valence-corrected chi connectivity index (χ3v) is 6.02. The Bertz CT molecular complexity index is 1080. The lowest BCUT2D eigenvalue weighted by atomic mass is 10.2. The normalized spacial score (nSPS) is 17.5. The lowest BCUT2D eigenvalue weighted by molar-refractivity contribution is -0.137. The largest absolute Gasteiger partial charge is 0.417 e. The average Bonchev–Trinajstić information content (AvgIpc) is 3.20. The molecule has 10 heteroatoms. The van der Waals surface area contributed by atoms with Crippen LogP contribution in [0.15, 0.2) is 42.5 Å². The molecule has 1 aliphatic rings. The molecule has 1 saturated heterocycles. The molecule has 5 nitrogen and oxygen atoms in total. The highest BCUT2D eigenvalue weighted by atomic mass is 35.5. The van der Waals surface area contributed by atoms with Crippen molar-refractivity contribution < 1.29 is 22.8 Å². The van der Waals surface area contributed by atoms with Crippen LogP contribution in [0.3, 0.4) is 0 Å². The second kappa shape index (κ2) is 7.38. The van der Waals surface area contributed by atoms with Crippen molar-refractivity contribution in [2.75, 3.05) is 4.90 Å². The summed E-state index contributed by atoms with van der Waals surface area (Å²) in [6.07, 6.45) is -4.78. The van der Waals surface area contributed by atoms with Crippen molar-refractivity contribution in [2.24, 2.45) is 0 Å². The topological polar surface area (TPSA) is 66.1 Å². The highest BCUT2D eigenvalue weighted by Gasteiger charge is 2.41. The van der Waals surface area contributed by atoms with Gasteiger partial charge in [0.2, 0.25) is 11.8 Å². The first kappa shape index (κ1) is 19.8. The number of nitrogens with one attached hydrogen (secondary N) is 1. The van der Waals surface area contributed by atoms with Gasteiger partial charge in [-0.05, 0) is 30.3 Å². The predicted octanol–water partition coefficient (Wildman–Crippen LogP) is 4.80. The Balaban J connectivity index is 1.51. The van der Waals surface area contributed by atoms with E-state index in [1.807, 2.05) is 24.3 Å². The summed E-state index contributed by atoms with van der Waals surface area (Å²) in [5.74, 6) is -0.0828. The lowest BCUT2D eigenvalue weighted by Crippen LogP contribution is -2.31. The summed E-state index contributed by atoms with van der Waals surface area (Å²) < 4.78 is 39.3. The van der Waals surface area contributed by atoms with E-state index >= 15 is 0 Å². The molecule has 0 bridgehead atoms. The highest BCUT2D eigenvalue weighted by molar-refractivity contribution is 7.99. The Morgan fingerprint density at radius 2 is 1.97 bits per heavy atom. The fourth-order valence-corrected chi connectivity index (χ4v) is 4.36. The van der Waals surface area contributed by atoms with E-state index in [1.54, 1.807) is 0 Å². The molecule has 0 spiro atoms. The molecular formula is C19H13ClF3N3O2S. The second-order valence-corrected chi connectivity index (χ2v) is 8.03. The third kappa shape index (κ3) is 3.84. The summed E-state index contributed by atoms with van der Waals surface area (Å²) in [6.45, 7) is 0. The van der Waals surface area contributed by atoms with Crippen LogP contribution in [0, 0.1) is 0 Å². The number of hydrogen-bond acceptors (Lipinski definition) is 4. The summed E-state index contributed by atoms with van der Waals surface area (Å²) in [7, 11) is 0. The van der Waals surface area contributed by atoms with E-state index in [0.717, 1.165) is 28.1 Å². The number of anilines is 1. The molecule has 1 N–H and O–H groups in total. The number of aromatic amines is 1. The number of hydrogen-bond donors (Lipinski definition) is 1. The van der Waals surface area contributed by atoms with E-state index in [9.17, 15) is 22.8 Å². The summed E-state index contributed by atoms with van der Waals surface area (Å²) >= 11 is 6.84. The number of carbonyl (C=O) groups excluding carboxylic acids is 2. The third-order valence-electron chi connectivity index (χ3n) is 4.48. The number of imide groups is 1. The van der Waals surface area contributed by atoms with Crippen LogP contribution in [-0.2, 0) is 21.5 Å². The van der Waals surface area contributed by atoms with Crippen LogP contribution < -0.4 is 4.90 Å². The standard InChI is InChI=1S/C19H13ClF3N3O2S/c20-12-6-5-10(7-11(12)19(21,22)23)26-17(27)8-15(18(26)28)29-9-16-24-13-3-1-2-4-14(13)25-16/h1-7,15H,8-9H2,(H,24,25)/t15-/m1/s1. The average molecular weight is 440 g/mol. The van der Waals surface area contributed by atoms with E-state index < -0.39 is 33.8 Å². The van der Waals surface area contributed by atoms with Crippen LogP contribution in [0.5, 0.6) is 0 Å². The number of amides is 2. The van der Waals surface area contributed by atoms with Gasteiger partial charge in [0.1, 0.15) is 5.82 Å². The molecule has 2 amide bonds. The van der Waals surface area contributed by atoms with Crippen LogP contribution in [-0.4, -0.2) is 27.0 Å². The van der Waals surface area contributed by atoms with Crippen LogP contribution in [0.25, 0.3) is 11.0 Å². The molecule has 0 unspecified atom stereocenters. The van der Waals surface area contributed by atoms with Crippen LogP contribution >= 0.6 is 23.4 Å². The number of imidazole rings is 1. The molecular weight excluding hydrogens is 427 g/mol. The van der Waals surface area contributed by atoms with E-state index in [0.29, 0.717) is 11.6 Å². The number of carbonyl (C=O) groups is 2. The van der Waals surface area contributed by atoms with Gasteiger partial charge in [-0.25, -0.2) is 9.88 Å². The van der Waals surface area contributed by atoms with Gasteiger partial charge in [-0.15, -0.1) is 11.8 Å². The molecule has 1 aliphatic heterocycles. The van der Waals surface area contributed by atoms with Gasteiger partial charge in [0, 0.05) is 6.42 Å². The summed E-state index contributed by atoms with van der Waals surface area (Å²) in [5.41, 5.74) is 0.429. The van der Waals surface area contributed by atoms with Gasteiger partial charge in [0.05, 0.1) is 38.3 Å². The fraction of sp³-hybridized carbons (Fsp3) is 0.211. The quantitative estimate of drug-likeness (QED) is 0.593. The molecule has 29 heavy (non-hydrogen) atoms. The molecule has 1 atom stereocenters. The molecule has 150 valence electrons. The van der Waals surface area contributed by atoms with Crippen molar-refractivity contribution in [3.05, 3.63) is 58.9 Å². The van der Waals surface area contributed by atoms with Gasteiger partial charge in [0.25, 0.3) is 0 Å². The number of nitrogens with zero attached hydrogens (tertiary/aromatic N) is 2. The minimum atomic E-state index is -4.69. The number of thioether (sulfide) groups is 1. The lowest BCUT2D eigenvalue weighted by Gasteiger charge is -2.17. The van der Waals surface area contributed by atoms with E-state index in [1.165, 1.54) is 17.8 Å². The molecule has 4 rings (SSSR count). The maximum absolute atomic E-state index is 13.1. The summed E-state index contributed by atoms with van der Waals surface area (Å²) in [4.78, 5) is 33.4. The molecule has 1 aromatic heterocycles. The predicted molar refractivity (Wildman–Crippen MR) is 105 cm³/mol. The van der Waals surface area contributed by atoms with Crippen molar-refractivity contribution in [1.82, 2.24) is 9.97 Å². The molecule has 0 aliphatic carbocycles. The monoisotopic (exact) mass is 439 g/mol.